The van der Waals surface area contributed by atoms with E-state index >= 15 is 0 Å². The fraction of sp³-hybridized carbons (Fsp3) is 0.190. The van der Waals surface area contributed by atoms with E-state index in [2.05, 4.69) is 15.5 Å². The average Bonchev–Trinajstić information content (AvgIpc) is 3.27. The molecule has 4 rings (SSSR count). The first-order valence-corrected chi connectivity index (χ1v) is 8.96. The number of amides is 1. The zero-order valence-corrected chi connectivity index (χ0v) is 15.8. The summed E-state index contributed by atoms with van der Waals surface area (Å²) in [5.41, 5.74) is 0.850. The maximum atomic E-state index is 14.0. The van der Waals surface area contributed by atoms with Crippen LogP contribution < -0.4 is 5.32 Å². The van der Waals surface area contributed by atoms with Crippen LogP contribution >= 0.6 is 0 Å². The monoisotopic (exact) mass is 396 g/mol. The largest absolute Gasteiger partial charge is 0.379 e. The van der Waals surface area contributed by atoms with Crippen LogP contribution in [0.25, 0.3) is 11.3 Å². The van der Waals surface area contributed by atoms with Crippen LogP contribution in [0.15, 0.2) is 59.9 Å². The molecule has 1 aliphatic rings. The van der Waals surface area contributed by atoms with Gasteiger partial charge in [-0.3, -0.25) is 10.1 Å². The third kappa shape index (κ3) is 3.49. The number of nitrogens with zero attached hydrogens (tertiary/aromatic N) is 3. The highest BCUT2D eigenvalue weighted by molar-refractivity contribution is 6.07. The normalized spacial score (nSPS) is 18.3. The van der Waals surface area contributed by atoms with E-state index in [1.165, 1.54) is 18.2 Å². The molecule has 1 aromatic heterocycles. The van der Waals surface area contributed by atoms with Gasteiger partial charge >= 0.3 is 0 Å². The van der Waals surface area contributed by atoms with E-state index in [-0.39, 0.29) is 12.2 Å². The van der Waals surface area contributed by atoms with Gasteiger partial charge in [-0.2, -0.15) is 0 Å². The fourth-order valence-corrected chi connectivity index (χ4v) is 3.15. The Labute approximate surface area is 165 Å². The average molecular weight is 396 g/mol. The molecule has 0 bridgehead atoms. The third-order valence-corrected chi connectivity index (χ3v) is 4.88. The van der Waals surface area contributed by atoms with E-state index in [0.717, 1.165) is 5.56 Å². The lowest BCUT2D eigenvalue weighted by Crippen LogP contribution is -2.41. The van der Waals surface area contributed by atoms with Gasteiger partial charge in [-0.1, -0.05) is 23.4 Å². The van der Waals surface area contributed by atoms with Gasteiger partial charge in [0.05, 0.1) is 17.6 Å². The Morgan fingerprint density at radius 2 is 1.90 bits per heavy atom. The molecule has 29 heavy (non-hydrogen) atoms. The molecule has 1 amide bonds. The first kappa shape index (κ1) is 18.8. The molecule has 8 heteroatoms. The molecule has 148 valence electrons. The summed E-state index contributed by atoms with van der Waals surface area (Å²) in [6.07, 6.45) is 1.71. The minimum atomic E-state index is -1.29. The van der Waals surface area contributed by atoms with Gasteiger partial charge < -0.3 is 9.40 Å². The summed E-state index contributed by atoms with van der Waals surface area (Å²) in [7, 11) is 1.74. The van der Waals surface area contributed by atoms with Crippen LogP contribution in [0, 0.1) is 11.6 Å². The molecule has 6 nitrogen and oxygen atoms in total. The first-order valence-electron chi connectivity index (χ1n) is 8.96. The lowest BCUT2D eigenvalue weighted by atomic mass is 9.95. The van der Waals surface area contributed by atoms with Gasteiger partial charge in [0, 0.05) is 24.6 Å². The van der Waals surface area contributed by atoms with Crippen molar-refractivity contribution in [3.63, 3.8) is 0 Å². The summed E-state index contributed by atoms with van der Waals surface area (Å²) in [6, 6.07) is 12.2. The number of halogens is 2. The zero-order chi connectivity index (χ0) is 20.6. The van der Waals surface area contributed by atoms with Gasteiger partial charge in [0.25, 0.3) is 5.91 Å². The van der Waals surface area contributed by atoms with Crippen molar-refractivity contribution >= 4 is 17.6 Å². The zero-order valence-electron chi connectivity index (χ0n) is 15.8. The molecule has 1 N–H and O–H groups in total. The SMILES string of the molecule is Cn1c(-c2ccc(F)cc2)cnc1NC(=O)C1(C)CC(c2ccccc2F)=NO1. The van der Waals surface area contributed by atoms with Crippen LogP contribution in [-0.2, 0) is 16.7 Å². The van der Waals surface area contributed by atoms with Crippen molar-refractivity contribution in [1.29, 1.82) is 0 Å². The van der Waals surface area contributed by atoms with Crippen molar-refractivity contribution in [3.05, 3.63) is 71.9 Å². The number of imidazole rings is 1. The standard InChI is InChI=1S/C21H18F2N4O2/c1-21(11-17(26-29-21)15-5-3-4-6-16(15)23)19(28)25-20-24-12-18(27(20)2)13-7-9-14(22)10-8-13/h3-10,12H,11H2,1-2H3,(H,24,25,28). The van der Waals surface area contributed by atoms with Gasteiger partial charge in [0.1, 0.15) is 11.6 Å². The summed E-state index contributed by atoms with van der Waals surface area (Å²) in [5, 5.41) is 6.65. The molecule has 1 aliphatic heterocycles. The summed E-state index contributed by atoms with van der Waals surface area (Å²) < 4.78 is 28.8. The first-order chi connectivity index (χ1) is 13.9. The predicted octanol–water partition coefficient (Wildman–Crippen LogP) is 3.89. The summed E-state index contributed by atoms with van der Waals surface area (Å²) in [6.45, 7) is 1.59. The summed E-state index contributed by atoms with van der Waals surface area (Å²) in [5.74, 6) is -0.903. The van der Waals surface area contributed by atoms with Crippen LogP contribution in [0.1, 0.15) is 18.9 Å². The van der Waals surface area contributed by atoms with Crippen molar-refractivity contribution in [2.75, 3.05) is 5.32 Å². The Morgan fingerprint density at radius 1 is 1.17 bits per heavy atom. The number of hydrogen-bond donors (Lipinski definition) is 1. The number of hydrogen-bond acceptors (Lipinski definition) is 4. The van der Waals surface area contributed by atoms with E-state index in [1.807, 2.05) is 0 Å². The van der Waals surface area contributed by atoms with Gasteiger partial charge in [-0.15, -0.1) is 0 Å². The topological polar surface area (TPSA) is 68.5 Å². The Morgan fingerprint density at radius 3 is 2.62 bits per heavy atom. The highest BCUT2D eigenvalue weighted by Crippen LogP contribution is 2.29. The van der Waals surface area contributed by atoms with Crippen molar-refractivity contribution in [2.24, 2.45) is 12.2 Å². The van der Waals surface area contributed by atoms with Gasteiger partial charge in [0.15, 0.2) is 0 Å². The van der Waals surface area contributed by atoms with Crippen molar-refractivity contribution < 1.29 is 18.4 Å². The number of nitrogens with one attached hydrogen (secondary N) is 1. The van der Waals surface area contributed by atoms with Crippen molar-refractivity contribution in [1.82, 2.24) is 9.55 Å². The lowest BCUT2D eigenvalue weighted by Gasteiger charge is -2.20. The Kier molecular flexibility index (Phi) is 4.62. The van der Waals surface area contributed by atoms with E-state index in [4.69, 9.17) is 4.84 Å². The Balaban J connectivity index is 1.50. The maximum absolute atomic E-state index is 14.0. The molecule has 1 unspecified atom stereocenters. The molecule has 2 aromatic carbocycles. The summed E-state index contributed by atoms with van der Waals surface area (Å²) in [4.78, 5) is 22.4. The molecule has 0 fully saturated rings. The number of rotatable bonds is 4. The Bertz CT molecular complexity index is 1110. The van der Waals surface area contributed by atoms with E-state index in [9.17, 15) is 13.6 Å². The second kappa shape index (κ2) is 7.12. The van der Waals surface area contributed by atoms with E-state index in [1.54, 1.807) is 55.1 Å². The van der Waals surface area contributed by atoms with E-state index in [0.29, 0.717) is 22.9 Å². The summed E-state index contributed by atoms with van der Waals surface area (Å²) >= 11 is 0. The quantitative estimate of drug-likeness (QED) is 0.728. The minimum absolute atomic E-state index is 0.120. The highest BCUT2D eigenvalue weighted by Gasteiger charge is 2.43. The number of aromatic nitrogens is 2. The van der Waals surface area contributed by atoms with Gasteiger partial charge in [-0.25, -0.2) is 13.8 Å². The molecule has 0 radical (unpaired) electrons. The molecule has 1 atom stereocenters. The molecular weight excluding hydrogens is 378 g/mol. The van der Waals surface area contributed by atoms with Crippen molar-refractivity contribution in [2.45, 2.75) is 18.9 Å². The lowest BCUT2D eigenvalue weighted by molar-refractivity contribution is -0.136. The smallest absolute Gasteiger partial charge is 0.273 e. The third-order valence-electron chi connectivity index (χ3n) is 4.88. The molecule has 2 heterocycles. The van der Waals surface area contributed by atoms with Crippen LogP contribution in [-0.4, -0.2) is 26.8 Å². The van der Waals surface area contributed by atoms with Crippen LogP contribution in [0.5, 0.6) is 0 Å². The second-order valence-corrected chi connectivity index (χ2v) is 7.00. The number of anilines is 1. The van der Waals surface area contributed by atoms with Crippen molar-refractivity contribution in [3.8, 4) is 11.3 Å². The van der Waals surface area contributed by atoms with Crippen LogP contribution in [0.3, 0.4) is 0 Å². The number of carbonyl (C=O) groups excluding carboxylic acids is 1. The highest BCUT2D eigenvalue weighted by atomic mass is 19.1. The van der Waals surface area contributed by atoms with Crippen LogP contribution in [0.4, 0.5) is 14.7 Å². The number of oxime groups is 1. The second-order valence-electron chi connectivity index (χ2n) is 7.00. The molecule has 0 spiro atoms. The van der Waals surface area contributed by atoms with Gasteiger partial charge in [0.2, 0.25) is 11.5 Å². The molecular formula is C21H18F2N4O2. The Hall–Kier alpha value is -3.55. The predicted molar refractivity (Wildman–Crippen MR) is 104 cm³/mol. The maximum Gasteiger partial charge on any atom is 0.273 e. The fourth-order valence-electron chi connectivity index (χ4n) is 3.15. The van der Waals surface area contributed by atoms with Gasteiger partial charge in [-0.05, 0) is 37.3 Å². The molecule has 0 saturated carbocycles. The van der Waals surface area contributed by atoms with E-state index < -0.39 is 17.3 Å². The molecule has 0 saturated heterocycles. The number of carbonyl (C=O) groups is 1. The molecule has 3 aromatic rings. The number of benzene rings is 2. The molecule has 0 aliphatic carbocycles. The minimum Gasteiger partial charge on any atom is -0.379 e. The van der Waals surface area contributed by atoms with Crippen LogP contribution in [0.2, 0.25) is 0 Å².